The van der Waals surface area contributed by atoms with Gasteiger partial charge in [0, 0.05) is 38.9 Å². The number of para-hydroxylation sites is 2. The van der Waals surface area contributed by atoms with E-state index in [1.807, 2.05) is 25.2 Å². The van der Waals surface area contributed by atoms with E-state index in [1.165, 1.54) is 60.9 Å². The highest BCUT2D eigenvalue weighted by atomic mass is 15.1. The summed E-state index contributed by atoms with van der Waals surface area (Å²) in [4.78, 5) is 2.38. The maximum atomic E-state index is 4.08. The molecule has 1 aromatic heterocycles. The van der Waals surface area contributed by atoms with E-state index in [-0.39, 0.29) is 5.41 Å². The Morgan fingerprint density at radius 3 is 1.93 bits per heavy atom. The first-order chi connectivity index (χ1) is 27.4. The molecule has 0 fully saturated rings. The third-order valence-corrected chi connectivity index (χ3v) is 11.5. The van der Waals surface area contributed by atoms with Crippen molar-refractivity contribution in [3.63, 3.8) is 0 Å². The second kappa shape index (κ2) is 14.1. The third-order valence-electron chi connectivity index (χ3n) is 11.5. The van der Waals surface area contributed by atoms with Crippen molar-refractivity contribution in [1.29, 1.82) is 0 Å². The Morgan fingerprint density at radius 1 is 0.589 bits per heavy atom. The van der Waals surface area contributed by atoms with Gasteiger partial charge in [-0.2, -0.15) is 0 Å². The van der Waals surface area contributed by atoms with E-state index in [4.69, 9.17) is 0 Å². The van der Waals surface area contributed by atoms with Crippen LogP contribution in [0.5, 0.6) is 0 Å². The molecule has 0 bridgehead atoms. The molecule has 8 aromatic rings. The van der Waals surface area contributed by atoms with Crippen LogP contribution in [-0.4, -0.2) is 4.57 Å². The van der Waals surface area contributed by atoms with Crippen LogP contribution in [0.15, 0.2) is 195 Å². The molecule has 0 unspecified atom stereocenters. The van der Waals surface area contributed by atoms with Gasteiger partial charge in [0.05, 0.1) is 11.0 Å². The predicted molar refractivity (Wildman–Crippen MR) is 242 cm³/mol. The molecule has 2 heteroatoms. The fourth-order valence-corrected chi connectivity index (χ4v) is 8.55. The average Bonchev–Trinajstić information content (AvgIpc) is 3.69. The number of hydrogen-bond donors (Lipinski definition) is 0. The minimum atomic E-state index is -0.155. The lowest BCUT2D eigenvalue weighted by Gasteiger charge is -2.28. The van der Waals surface area contributed by atoms with Crippen LogP contribution in [0, 0.1) is 0 Å². The molecule has 270 valence electrons. The summed E-state index contributed by atoms with van der Waals surface area (Å²) in [5.74, 6) is 0. The lowest BCUT2D eigenvalue weighted by atomic mass is 9.81. The summed E-state index contributed by atoms with van der Waals surface area (Å²) in [6.07, 6.45) is 10.1. The van der Waals surface area contributed by atoms with E-state index in [0.29, 0.717) is 0 Å². The van der Waals surface area contributed by atoms with Gasteiger partial charge in [-0.05, 0) is 124 Å². The molecule has 1 aliphatic carbocycles. The zero-order valence-corrected chi connectivity index (χ0v) is 32.2. The molecular weight excluding hydrogens is 677 g/mol. The van der Waals surface area contributed by atoms with Gasteiger partial charge in [0.25, 0.3) is 0 Å². The Hall–Kier alpha value is -6.90. The van der Waals surface area contributed by atoms with E-state index in [1.54, 1.807) is 0 Å². The van der Waals surface area contributed by atoms with Gasteiger partial charge in [-0.25, -0.2) is 0 Å². The Labute approximate surface area is 330 Å². The summed E-state index contributed by atoms with van der Waals surface area (Å²) >= 11 is 0. The minimum Gasteiger partial charge on any atom is -0.310 e. The molecule has 0 spiro atoms. The fourth-order valence-electron chi connectivity index (χ4n) is 8.55. The van der Waals surface area contributed by atoms with Gasteiger partial charge < -0.3 is 9.47 Å². The van der Waals surface area contributed by atoms with E-state index < -0.39 is 0 Å². The summed E-state index contributed by atoms with van der Waals surface area (Å²) in [6.45, 7) is 14.8. The monoisotopic (exact) mass is 720 g/mol. The molecule has 7 aromatic carbocycles. The van der Waals surface area contributed by atoms with Gasteiger partial charge in [0.2, 0.25) is 0 Å². The van der Waals surface area contributed by atoms with Crippen molar-refractivity contribution in [2.24, 2.45) is 0 Å². The number of hydrogen-bond acceptors (Lipinski definition) is 1. The number of anilines is 3. The topological polar surface area (TPSA) is 8.17 Å². The molecule has 0 radical (unpaired) electrons. The number of fused-ring (bicyclic) bond motifs is 6. The Kier molecular flexibility index (Phi) is 8.75. The second-order valence-electron chi connectivity index (χ2n) is 15.1. The van der Waals surface area contributed by atoms with Crippen molar-refractivity contribution < 1.29 is 0 Å². The highest BCUT2D eigenvalue weighted by Crippen LogP contribution is 2.51. The molecule has 0 atom stereocenters. The number of aromatic nitrogens is 1. The molecule has 0 saturated carbocycles. The second-order valence-corrected chi connectivity index (χ2v) is 15.1. The van der Waals surface area contributed by atoms with Gasteiger partial charge in [-0.3, -0.25) is 0 Å². The van der Waals surface area contributed by atoms with Crippen LogP contribution in [0.4, 0.5) is 17.1 Å². The quantitative estimate of drug-likeness (QED) is 0.135. The highest BCUT2D eigenvalue weighted by molar-refractivity contribution is 6.10. The number of allylic oxidation sites excluding steroid dienone is 5. The highest BCUT2D eigenvalue weighted by Gasteiger charge is 2.36. The summed E-state index contributed by atoms with van der Waals surface area (Å²) in [6, 6.07) is 57.7. The van der Waals surface area contributed by atoms with Crippen molar-refractivity contribution in [3.05, 3.63) is 217 Å². The van der Waals surface area contributed by atoms with Gasteiger partial charge in [-0.1, -0.05) is 148 Å². The van der Waals surface area contributed by atoms with Crippen LogP contribution >= 0.6 is 0 Å². The Balaban J connectivity index is 1.14. The molecule has 56 heavy (non-hydrogen) atoms. The first kappa shape index (κ1) is 34.8. The molecular formula is C54H44N2. The third kappa shape index (κ3) is 5.82. The van der Waals surface area contributed by atoms with Crippen molar-refractivity contribution in [2.45, 2.75) is 26.2 Å². The predicted octanol–water partition coefficient (Wildman–Crippen LogP) is 15.0. The van der Waals surface area contributed by atoms with Crippen molar-refractivity contribution >= 4 is 50.5 Å². The standard InChI is InChI=1S/C54H44N2/c1-6-9-15-38(8-3)39-21-26-43(27-22-39)55(45-30-32-47-46-31-20-37(7-2)34-50(46)54(4,5)51(47)36-45)44-28-23-40(24-29-44)41-25-33-53-49(35-41)48-18-13-14-19-52(48)56(53)42-16-11-10-12-17-42/h6-36H,2-3H2,1,4-5H3/b9-6-,38-15+. The van der Waals surface area contributed by atoms with Gasteiger partial charge in [-0.15, -0.1) is 0 Å². The fraction of sp³-hybridized carbons (Fsp3) is 0.0741. The molecule has 0 N–H and O–H groups in total. The molecule has 2 nitrogen and oxygen atoms in total. The van der Waals surface area contributed by atoms with E-state index >= 15 is 0 Å². The molecule has 0 amide bonds. The lowest BCUT2D eigenvalue weighted by molar-refractivity contribution is 0.660. The van der Waals surface area contributed by atoms with Crippen molar-refractivity contribution in [3.8, 4) is 27.9 Å². The van der Waals surface area contributed by atoms with Crippen LogP contribution in [0.3, 0.4) is 0 Å². The van der Waals surface area contributed by atoms with E-state index in [9.17, 15) is 0 Å². The maximum Gasteiger partial charge on any atom is 0.0541 e. The Bertz CT molecular complexity index is 2850. The molecule has 0 saturated heterocycles. The van der Waals surface area contributed by atoms with Crippen LogP contribution in [0.2, 0.25) is 0 Å². The van der Waals surface area contributed by atoms with Crippen LogP contribution in [-0.2, 0) is 5.41 Å². The Morgan fingerprint density at radius 2 is 1.21 bits per heavy atom. The average molecular weight is 721 g/mol. The zero-order chi connectivity index (χ0) is 38.4. The van der Waals surface area contributed by atoms with Gasteiger partial charge in [0.1, 0.15) is 0 Å². The molecule has 9 rings (SSSR count). The summed E-state index contributed by atoms with van der Waals surface area (Å²) < 4.78 is 2.36. The largest absolute Gasteiger partial charge is 0.310 e. The smallest absolute Gasteiger partial charge is 0.0541 e. The minimum absolute atomic E-state index is 0.155. The number of rotatable bonds is 9. The zero-order valence-electron chi connectivity index (χ0n) is 32.2. The van der Waals surface area contributed by atoms with Crippen LogP contribution < -0.4 is 4.90 Å². The van der Waals surface area contributed by atoms with E-state index in [0.717, 1.165) is 33.8 Å². The van der Waals surface area contributed by atoms with Crippen LogP contribution in [0.1, 0.15) is 43.0 Å². The molecule has 1 heterocycles. The SMILES string of the molecule is C=C/C(=C\C=C/C)c1ccc(N(c2ccc(-c3ccc4c(c3)c3ccccc3n4-c3ccccc3)cc2)c2ccc3c(c2)C(C)(C)c2cc(C=C)ccc2-3)cc1. The van der Waals surface area contributed by atoms with Crippen molar-refractivity contribution in [1.82, 2.24) is 4.57 Å². The number of benzene rings is 7. The first-order valence-corrected chi connectivity index (χ1v) is 19.4. The summed E-state index contributed by atoms with van der Waals surface area (Å²) in [7, 11) is 0. The lowest BCUT2D eigenvalue weighted by Crippen LogP contribution is -2.16. The first-order valence-electron chi connectivity index (χ1n) is 19.4. The molecule has 1 aliphatic rings. The number of nitrogens with zero attached hydrogens (tertiary/aromatic N) is 2. The summed E-state index contributed by atoms with van der Waals surface area (Å²) in [5, 5.41) is 2.50. The summed E-state index contributed by atoms with van der Waals surface area (Å²) in [5.41, 5.74) is 17.7. The van der Waals surface area contributed by atoms with Gasteiger partial charge >= 0.3 is 0 Å². The maximum absolute atomic E-state index is 4.08. The molecule has 0 aliphatic heterocycles. The van der Waals surface area contributed by atoms with E-state index in [2.05, 4.69) is 206 Å². The van der Waals surface area contributed by atoms with Crippen LogP contribution in [0.25, 0.3) is 61.4 Å². The van der Waals surface area contributed by atoms with Crippen molar-refractivity contribution in [2.75, 3.05) is 4.90 Å². The van der Waals surface area contributed by atoms with Gasteiger partial charge in [0.15, 0.2) is 0 Å². The normalized spacial score (nSPS) is 13.2.